The Bertz CT molecular complexity index is 111. The van der Waals surface area contributed by atoms with Gasteiger partial charge < -0.3 is 4.74 Å². The molecule has 0 saturated carbocycles. The highest BCUT2D eigenvalue weighted by atomic mass is 127. The normalized spacial score (nSPS) is 12.6. The van der Waals surface area contributed by atoms with Crippen LogP contribution in [0.5, 0.6) is 0 Å². The molecule has 0 rings (SSSR count). The minimum Gasteiger partial charge on any atom is -0.466 e. The van der Waals surface area contributed by atoms with E-state index in [-0.39, 0.29) is 5.97 Å². The Morgan fingerprint density at radius 1 is 1.55 bits per heavy atom. The van der Waals surface area contributed by atoms with Crippen LogP contribution < -0.4 is 0 Å². The monoisotopic (exact) mass is 270 g/mol. The maximum Gasteiger partial charge on any atom is 0.306 e. The standard InChI is InChI=1S/C8H15IO2/c1-3-7(6-9)5-8(10)11-4-2/h7H,3-6H2,1-2H3. The van der Waals surface area contributed by atoms with E-state index in [2.05, 4.69) is 29.5 Å². The van der Waals surface area contributed by atoms with Crippen molar-refractivity contribution < 1.29 is 9.53 Å². The summed E-state index contributed by atoms with van der Waals surface area (Å²) in [4.78, 5) is 10.9. The highest BCUT2D eigenvalue weighted by Crippen LogP contribution is 2.12. The summed E-state index contributed by atoms with van der Waals surface area (Å²) < 4.78 is 5.87. The lowest BCUT2D eigenvalue weighted by Crippen LogP contribution is -2.11. The number of carbonyl (C=O) groups is 1. The summed E-state index contributed by atoms with van der Waals surface area (Å²) in [6.45, 7) is 4.43. The van der Waals surface area contributed by atoms with E-state index in [9.17, 15) is 4.79 Å². The van der Waals surface area contributed by atoms with Crippen molar-refractivity contribution in [2.45, 2.75) is 26.7 Å². The van der Waals surface area contributed by atoms with Gasteiger partial charge >= 0.3 is 5.97 Å². The fourth-order valence-corrected chi connectivity index (χ4v) is 1.70. The van der Waals surface area contributed by atoms with Gasteiger partial charge in [0.05, 0.1) is 6.61 Å². The van der Waals surface area contributed by atoms with Crippen LogP contribution in [-0.2, 0) is 9.53 Å². The fraction of sp³-hybridized carbons (Fsp3) is 0.875. The average Bonchev–Trinajstić information content (AvgIpc) is 2.01. The Morgan fingerprint density at radius 3 is 2.55 bits per heavy atom. The zero-order valence-corrected chi connectivity index (χ0v) is 9.26. The quantitative estimate of drug-likeness (QED) is 0.435. The maximum atomic E-state index is 10.9. The highest BCUT2D eigenvalue weighted by molar-refractivity contribution is 14.1. The molecule has 0 aliphatic rings. The molecule has 0 aliphatic carbocycles. The highest BCUT2D eigenvalue weighted by Gasteiger charge is 2.10. The molecule has 0 fully saturated rings. The Hall–Kier alpha value is 0.200. The molecule has 0 radical (unpaired) electrons. The van der Waals surface area contributed by atoms with Gasteiger partial charge in [-0.25, -0.2) is 0 Å². The number of hydrogen-bond donors (Lipinski definition) is 0. The Morgan fingerprint density at radius 2 is 2.18 bits per heavy atom. The van der Waals surface area contributed by atoms with E-state index in [1.807, 2.05) is 6.92 Å². The molecule has 11 heavy (non-hydrogen) atoms. The first-order chi connectivity index (χ1) is 5.24. The van der Waals surface area contributed by atoms with Gasteiger partial charge in [-0.05, 0) is 12.8 Å². The molecule has 0 aromatic rings. The predicted molar refractivity (Wildman–Crippen MR) is 53.9 cm³/mol. The SMILES string of the molecule is CCOC(=O)CC(CC)CI. The zero-order chi connectivity index (χ0) is 8.69. The van der Waals surface area contributed by atoms with Gasteiger partial charge in [-0.1, -0.05) is 35.9 Å². The summed E-state index contributed by atoms with van der Waals surface area (Å²) in [6, 6.07) is 0. The lowest BCUT2D eigenvalue weighted by molar-refractivity contribution is -0.144. The van der Waals surface area contributed by atoms with E-state index in [4.69, 9.17) is 4.74 Å². The topological polar surface area (TPSA) is 26.3 Å². The van der Waals surface area contributed by atoms with Crippen molar-refractivity contribution in [1.29, 1.82) is 0 Å². The number of esters is 1. The van der Waals surface area contributed by atoms with Crippen LogP contribution in [0.15, 0.2) is 0 Å². The van der Waals surface area contributed by atoms with Crippen LogP contribution >= 0.6 is 22.6 Å². The first-order valence-electron chi connectivity index (χ1n) is 3.96. The van der Waals surface area contributed by atoms with Crippen LogP contribution in [0.25, 0.3) is 0 Å². The number of ether oxygens (including phenoxy) is 1. The molecule has 3 heteroatoms. The van der Waals surface area contributed by atoms with Crippen molar-refractivity contribution in [3.05, 3.63) is 0 Å². The minimum atomic E-state index is -0.0592. The van der Waals surface area contributed by atoms with Crippen LogP contribution in [0.1, 0.15) is 26.7 Å². The summed E-state index contributed by atoms with van der Waals surface area (Å²) in [5.74, 6) is 0.436. The Kier molecular flexibility index (Phi) is 7.01. The van der Waals surface area contributed by atoms with E-state index in [1.165, 1.54) is 0 Å². The van der Waals surface area contributed by atoms with Crippen LogP contribution in [0.2, 0.25) is 0 Å². The Balaban J connectivity index is 3.54. The van der Waals surface area contributed by atoms with Gasteiger partial charge in [0.15, 0.2) is 0 Å². The van der Waals surface area contributed by atoms with Gasteiger partial charge in [0.1, 0.15) is 0 Å². The largest absolute Gasteiger partial charge is 0.466 e. The van der Waals surface area contributed by atoms with E-state index in [0.717, 1.165) is 10.8 Å². The molecule has 1 atom stereocenters. The first kappa shape index (κ1) is 11.2. The van der Waals surface area contributed by atoms with Gasteiger partial charge in [0.2, 0.25) is 0 Å². The molecule has 1 unspecified atom stereocenters. The van der Waals surface area contributed by atoms with Crippen molar-refractivity contribution >= 4 is 28.6 Å². The average molecular weight is 270 g/mol. The summed E-state index contributed by atoms with van der Waals surface area (Å²) in [6.07, 6.45) is 1.63. The van der Waals surface area contributed by atoms with Gasteiger partial charge in [-0.2, -0.15) is 0 Å². The molecule has 0 amide bonds. The number of alkyl halides is 1. The van der Waals surface area contributed by atoms with Crippen LogP contribution in [0, 0.1) is 5.92 Å². The molecular weight excluding hydrogens is 255 g/mol. The summed E-state index contributed by atoms with van der Waals surface area (Å²) in [5, 5.41) is 0. The second-order valence-electron chi connectivity index (χ2n) is 2.44. The molecular formula is C8H15IO2. The number of halogens is 1. The third kappa shape index (κ3) is 5.47. The molecule has 66 valence electrons. The van der Waals surface area contributed by atoms with Crippen LogP contribution in [-0.4, -0.2) is 17.0 Å². The Labute approximate surface area is 81.8 Å². The molecule has 0 bridgehead atoms. The summed E-state index contributed by atoms with van der Waals surface area (Å²) >= 11 is 2.30. The van der Waals surface area contributed by atoms with Crippen LogP contribution in [0.4, 0.5) is 0 Å². The second kappa shape index (κ2) is 6.88. The molecule has 0 aliphatic heterocycles. The third-order valence-corrected chi connectivity index (χ3v) is 2.80. The zero-order valence-electron chi connectivity index (χ0n) is 7.10. The van der Waals surface area contributed by atoms with Crippen molar-refractivity contribution in [2.75, 3.05) is 11.0 Å². The van der Waals surface area contributed by atoms with Crippen molar-refractivity contribution in [2.24, 2.45) is 5.92 Å². The molecule has 0 N–H and O–H groups in total. The van der Waals surface area contributed by atoms with E-state index in [0.29, 0.717) is 18.9 Å². The van der Waals surface area contributed by atoms with Crippen LogP contribution in [0.3, 0.4) is 0 Å². The third-order valence-electron chi connectivity index (χ3n) is 1.56. The number of rotatable bonds is 5. The molecule has 0 aromatic carbocycles. The van der Waals surface area contributed by atoms with Gasteiger partial charge in [0.25, 0.3) is 0 Å². The predicted octanol–water partition coefficient (Wildman–Crippen LogP) is 2.40. The smallest absolute Gasteiger partial charge is 0.306 e. The molecule has 0 aromatic heterocycles. The van der Waals surface area contributed by atoms with Crippen molar-refractivity contribution in [1.82, 2.24) is 0 Å². The lowest BCUT2D eigenvalue weighted by atomic mass is 10.1. The summed E-state index contributed by atoms with van der Waals surface area (Å²) in [5.41, 5.74) is 0. The van der Waals surface area contributed by atoms with E-state index < -0.39 is 0 Å². The molecule has 0 spiro atoms. The van der Waals surface area contributed by atoms with Gasteiger partial charge in [-0.15, -0.1) is 0 Å². The van der Waals surface area contributed by atoms with E-state index >= 15 is 0 Å². The minimum absolute atomic E-state index is 0.0592. The van der Waals surface area contributed by atoms with Gasteiger partial charge in [-0.3, -0.25) is 4.79 Å². The fourth-order valence-electron chi connectivity index (χ4n) is 0.764. The lowest BCUT2D eigenvalue weighted by Gasteiger charge is -2.09. The summed E-state index contributed by atoms with van der Waals surface area (Å²) in [7, 11) is 0. The van der Waals surface area contributed by atoms with Crippen molar-refractivity contribution in [3.8, 4) is 0 Å². The van der Waals surface area contributed by atoms with Crippen molar-refractivity contribution in [3.63, 3.8) is 0 Å². The first-order valence-corrected chi connectivity index (χ1v) is 5.48. The molecule has 0 saturated heterocycles. The second-order valence-corrected chi connectivity index (χ2v) is 3.32. The molecule has 2 nitrogen and oxygen atoms in total. The maximum absolute atomic E-state index is 10.9. The van der Waals surface area contributed by atoms with E-state index in [1.54, 1.807) is 0 Å². The number of hydrogen-bond acceptors (Lipinski definition) is 2. The molecule has 0 heterocycles. The van der Waals surface area contributed by atoms with Gasteiger partial charge in [0, 0.05) is 10.8 Å². The number of carbonyl (C=O) groups excluding carboxylic acids is 1.